The first kappa shape index (κ1) is 36.3. The molecule has 3 amide bonds. The molecular formula is C32H45N9O6. The fraction of sp³-hybridized carbons (Fsp3) is 0.406. The fourth-order valence-electron chi connectivity index (χ4n) is 5.03. The number of rotatable bonds is 19. The summed E-state index contributed by atoms with van der Waals surface area (Å²) in [5.41, 5.74) is 24.5. The Hall–Kier alpha value is -5.15. The van der Waals surface area contributed by atoms with Crippen LogP contribution in [0.1, 0.15) is 43.2 Å². The van der Waals surface area contributed by atoms with Crippen molar-refractivity contribution in [1.29, 1.82) is 0 Å². The van der Waals surface area contributed by atoms with Gasteiger partial charge < -0.3 is 54.1 Å². The zero-order valence-electron chi connectivity index (χ0n) is 26.2. The summed E-state index contributed by atoms with van der Waals surface area (Å²) in [5, 5.41) is 28.3. The minimum absolute atomic E-state index is 0.0196. The van der Waals surface area contributed by atoms with E-state index < -0.39 is 47.9 Å². The number of aliphatic imine (C=N–C) groups is 1. The molecule has 2 aromatic carbocycles. The first-order valence-electron chi connectivity index (χ1n) is 15.5. The van der Waals surface area contributed by atoms with Gasteiger partial charge in [0.2, 0.25) is 17.7 Å². The number of amides is 3. The smallest absolute Gasteiger partial charge is 0.326 e. The maximum atomic E-state index is 13.7. The lowest BCUT2D eigenvalue weighted by Crippen LogP contribution is -2.57. The van der Waals surface area contributed by atoms with Crippen LogP contribution in [0.5, 0.6) is 5.75 Å². The van der Waals surface area contributed by atoms with Crippen molar-refractivity contribution in [3.05, 3.63) is 65.9 Å². The molecule has 15 heteroatoms. The Labute approximate surface area is 272 Å². The zero-order chi connectivity index (χ0) is 34.3. The lowest BCUT2D eigenvalue weighted by atomic mass is 10.0. The molecule has 47 heavy (non-hydrogen) atoms. The van der Waals surface area contributed by atoms with E-state index in [1.165, 1.54) is 12.1 Å². The Balaban J connectivity index is 1.81. The van der Waals surface area contributed by atoms with Gasteiger partial charge in [-0.3, -0.25) is 19.4 Å². The number of nitrogens with one attached hydrogen (secondary N) is 4. The van der Waals surface area contributed by atoms with Gasteiger partial charge in [0.15, 0.2) is 5.96 Å². The highest BCUT2D eigenvalue weighted by Crippen LogP contribution is 2.20. The quantitative estimate of drug-likeness (QED) is 0.0459. The number of carboxylic acids is 1. The average molecular weight is 652 g/mol. The Morgan fingerprint density at radius 1 is 0.809 bits per heavy atom. The highest BCUT2D eigenvalue weighted by atomic mass is 16.4. The summed E-state index contributed by atoms with van der Waals surface area (Å²) in [6, 6.07) is 8.89. The molecule has 254 valence electrons. The number of phenols is 1. The van der Waals surface area contributed by atoms with E-state index in [9.17, 15) is 29.4 Å². The standard InChI is InChI=1S/C32H45N9O6/c33-14-4-3-9-25(39-28(43)23(34)7-5-15-37-32(35)36)29(44)40-26(17-20-18-38-24-8-2-1-6-22(20)24)30(45)41-27(31(46)47)16-19-10-12-21(42)13-11-19/h1-2,6,8,10-13,18,23,25-27,38,42H,3-5,7,9,14-17,33-34H2,(H,39,43)(H,40,44)(H,41,45)(H,46,47)(H4,35,36,37). The van der Waals surface area contributed by atoms with Crippen molar-refractivity contribution < 1.29 is 29.4 Å². The third-order valence-corrected chi connectivity index (χ3v) is 7.61. The van der Waals surface area contributed by atoms with Crippen molar-refractivity contribution in [3.8, 4) is 5.75 Å². The van der Waals surface area contributed by atoms with Crippen molar-refractivity contribution in [3.63, 3.8) is 0 Å². The van der Waals surface area contributed by atoms with Gasteiger partial charge >= 0.3 is 5.97 Å². The summed E-state index contributed by atoms with van der Waals surface area (Å²) in [5.74, 6) is -3.23. The van der Waals surface area contributed by atoms with Gasteiger partial charge in [0.1, 0.15) is 23.9 Å². The molecule has 1 heterocycles. The highest BCUT2D eigenvalue weighted by molar-refractivity contribution is 5.95. The molecule has 3 aromatic rings. The maximum absolute atomic E-state index is 13.7. The number of hydrogen-bond donors (Lipinski definition) is 10. The Bertz CT molecular complexity index is 1520. The molecule has 0 aliphatic rings. The minimum Gasteiger partial charge on any atom is -0.508 e. The van der Waals surface area contributed by atoms with Crippen LogP contribution in [0.25, 0.3) is 10.9 Å². The largest absolute Gasteiger partial charge is 0.508 e. The van der Waals surface area contributed by atoms with E-state index in [4.69, 9.17) is 22.9 Å². The maximum Gasteiger partial charge on any atom is 0.326 e. The number of unbranched alkanes of at least 4 members (excludes halogenated alkanes) is 1. The highest BCUT2D eigenvalue weighted by Gasteiger charge is 2.31. The molecule has 4 atom stereocenters. The average Bonchev–Trinajstić information content (AvgIpc) is 3.45. The van der Waals surface area contributed by atoms with E-state index in [2.05, 4.69) is 25.9 Å². The van der Waals surface area contributed by atoms with Crippen molar-refractivity contribution in [2.75, 3.05) is 13.1 Å². The number of carbonyl (C=O) groups excluding carboxylic acids is 3. The second-order valence-corrected chi connectivity index (χ2v) is 11.3. The number of H-pyrrole nitrogens is 1. The summed E-state index contributed by atoms with van der Waals surface area (Å²) in [6.07, 6.45) is 3.75. The van der Waals surface area contributed by atoms with Crippen molar-refractivity contribution in [2.24, 2.45) is 27.9 Å². The number of benzene rings is 2. The fourth-order valence-corrected chi connectivity index (χ4v) is 5.03. The summed E-state index contributed by atoms with van der Waals surface area (Å²) < 4.78 is 0. The predicted octanol–water partition coefficient (Wildman–Crippen LogP) is -0.292. The third kappa shape index (κ3) is 11.6. The van der Waals surface area contributed by atoms with Crippen LogP contribution >= 0.6 is 0 Å². The van der Waals surface area contributed by atoms with Gasteiger partial charge in [-0.05, 0) is 68.0 Å². The Kier molecular flexibility index (Phi) is 14.0. The van der Waals surface area contributed by atoms with E-state index >= 15 is 0 Å². The van der Waals surface area contributed by atoms with Crippen LogP contribution in [0.15, 0.2) is 59.7 Å². The monoisotopic (exact) mass is 651 g/mol. The molecule has 0 saturated carbocycles. The zero-order valence-corrected chi connectivity index (χ0v) is 26.2. The van der Waals surface area contributed by atoms with Gasteiger partial charge in [0, 0.05) is 36.5 Å². The molecule has 0 saturated heterocycles. The van der Waals surface area contributed by atoms with Crippen LogP contribution in [-0.2, 0) is 32.0 Å². The topological polar surface area (TPSA) is 277 Å². The van der Waals surface area contributed by atoms with Crippen LogP contribution in [-0.4, -0.2) is 82.1 Å². The van der Waals surface area contributed by atoms with E-state index in [1.54, 1.807) is 18.3 Å². The first-order chi connectivity index (χ1) is 22.5. The molecular weight excluding hydrogens is 606 g/mol. The molecule has 0 spiro atoms. The lowest BCUT2D eigenvalue weighted by Gasteiger charge is -2.25. The first-order valence-corrected chi connectivity index (χ1v) is 15.5. The number of aliphatic carboxylic acids is 1. The molecule has 0 aliphatic heterocycles. The number of aromatic nitrogens is 1. The molecule has 3 rings (SSSR count). The SMILES string of the molecule is NCCCCC(NC(=O)C(N)CCCN=C(N)N)C(=O)NC(Cc1c[nH]c2ccccc12)C(=O)NC(Cc1ccc(O)cc1)C(=O)O. The summed E-state index contributed by atoms with van der Waals surface area (Å²) in [4.78, 5) is 59.6. The van der Waals surface area contributed by atoms with Crippen LogP contribution in [0.3, 0.4) is 0 Å². The number of para-hydroxylation sites is 1. The van der Waals surface area contributed by atoms with Crippen LogP contribution in [0.2, 0.25) is 0 Å². The number of phenolic OH excluding ortho intramolecular Hbond substituents is 1. The number of carbonyl (C=O) groups is 4. The minimum atomic E-state index is -1.33. The van der Waals surface area contributed by atoms with E-state index in [0.717, 1.165) is 16.5 Å². The van der Waals surface area contributed by atoms with Crippen LogP contribution in [0, 0.1) is 0 Å². The third-order valence-electron chi connectivity index (χ3n) is 7.61. The number of guanidine groups is 1. The van der Waals surface area contributed by atoms with Gasteiger partial charge in [-0.2, -0.15) is 0 Å². The van der Waals surface area contributed by atoms with Crippen molar-refractivity contribution >= 4 is 40.6 Å². The molecule has 14 N–H and O–H groups in total. The Morgan fingerprint density at radius 2 is 1.47 bits per heavy atom. The van der Waals surface area contributed by atoms with Gasteiger partial charge in [-0.1, -0.05) is 30.3 Å². The number of nitrogens with zero attached hydrogens (tertiary/aromatic N) is 1. The molecule has 0 bridgehead atoms. The number of nitrogens with two attached hydrogens (primary N) is 4. The number of carboxylic acid groups (broad SMARTS) is 1. The summed E-state index contributed by atoms with van der Waals surface area (Å²) >= 11 is 0. The molecule has 1 aromatic heterocycles. The number of aromatic amines is 1. The molecule has 15 nitrogen and oxygen atoms in total. The lowest BCUT2D eigenvalue weighted by molar-refractivity contribution is -0.142. The van der Waals surface area contributed by atoms with Crippen molar-refractivity contribution in [2.45, 2.75) is 69.1 Å². The second kappa shape index (κ2) is 18.1. The Morgan fingerprint density at radius 3 is 2.15 bits per heavy atom. The molecule has 4 unspecified atom stereocenters. The van der Waals surface area contributed by atoms with E-state index in [0.29, 0.717) is 37.9 Å². The summed E-state index contributed by atoms with van der Waals surface area (Å²) in [7, 11) is 0. The van der Waals surface area contributed by atoms with Gasteiger partial charge in [-0.15, -0.1) is 0 Å². The van der Waals surface area contributed by atoms with Gasteiger partial charge in [-0.25, -0.2) is 4.79 Å². The van der Waals surface area contributed by atoms with Crippen LogP contribution in [0.4, 0.5) is 0 Å². The second-order valence-electron chi connectivity index (χ2n) is 11.3. The van der Waals surface area contributed by atoms with E-state index in [1.807, 2.05) is 24.3 Å². The predicted molar refractivity (Wildman–Crippen MR) is 178 cm³/mol. The van der Waals surface area contributed by atoms with E-state index in [-0.39, 0.29) is 37.4 Å². The van der Waals surface area contributed by atoms with Gasteiger partial charge in [0.05, 0.1) is 6.04 Å². The number of aromatic hydroxyl groups is 1. The normalized spacial score (nSPS) is 13.6. The van der Waals surface area contributed by atoms with Crippen LogP contribution < -0.4 is 38.9 Å². The molecule has 0 radical (unpaired) electrons. The number of hydrogen-bond acceptors (Lipinski definition) is 8. The van der Waals surface area contributed by atoms with Gasteiger partial charge in [0.25, 0.3) is 0 Å². The summed E-state index contributed by atoms with van der Waals surface area (Å²) in [6.45, 7) is 0.675. The molecule has 0 aliphatic carbocycles. The molecule has 0 fully saturated rings. The number of fused-ring (bicyclic) bond motifs is 1. The van der Waals surface area contributed by atoms with Crippen molar-refractivity contribution in [1.82, 2.24) is 20.9 Å².